The zero-order valence-corrected chi connectivity index (χ0v) is 14.2. The molecule has 0 aliphatic carbocycles. The van der Waals surface area contributed by atoms with E-state index < -0.39 is 10.0 Å². The molecule has 0 radical (unpaired) electrons. The van der Waals surface area contributed by atoms with Crippen molar-refractivity contribution in [1.82, 2.24) is 4.31 Å². The monoisotopic (exact) mass is 342 g/mol. The first-order valence-corrected chi connectivity index (χ1v) is 8.90. The Labute approximate surface area is 136 Å². The van der Waals surface area contributed by atoms with Crippen LogP contribution in [0.2, 0.25) is 0 Å². The molecular weight excluding hydrogens is 320 g/mol. The molecule has 1 aromatic rings. The van der Waals surface area contributed by atoms with Crippen molar-refractivity contribution in [3.8, 4) is 5.75 Å². The summed E-state index contributed by atoms with van der Waals surface area (Å²) < 4.78 is 36.8. The molecular formula is C15H22N2O5S. The first-order valence-electron chi connectivity index (χ1n) is 7.46. The molecule has 8 heteroatoms. The van der Waals surface area contributed by atoms with E-state index in [0.29, 0.717) is 24.5 Å². The fraction of sp³-hybridized carbons (Fsp3) is 0.533. The number of hydrogen-bond donors (Lipinski definition) is 1. The van der Waals surface area contributed by atoms with Gasteiger partial charge in [0.05, 0.1) is 17.7 Å². The average Bonchev–Trinajstić information content (AvgIpc) is 2.55. The molecule has 0 unspecified atom stereocenters. The quantitative estimate of drug-likeness (QED) is 0.846. The SMILES string of the molecule is COCC(=O)Nc1cc(S(=O)(=O)N2CCCCC2)ccc1OC. The molecule has 0 spiro atoms. The minimum atomic E-state index is -3.56. The van der Waals surface area contributed by atoms with Crippen LogP contribution in [0.15, 0.2) is 23.1 Å². The minimum absolute atomic E-state index is 0.119. The van der Waals surface area contributed by atoms with E-state index >= 15 is 0 Å². The molecule has 0 aromatic heterocycles. The van der Waals surface area contributed by atoms with E-state index in [1.807, 2.05) is 0 Å². The summed E-state index contributed by atoms with van der Waals surface area (Å²) in [5.41, 5.74) is 0.313. The van der Waals surface area contributed by atoms with Gasteiger partial charge in [0.1, 0.15) is 12.4 Å². The van der Waals surface area contributed by atoms with Crippen LogP contribution < -0.4 is 10.1 Å². The number of ether oxygens (including phenoxy) is 2. The highest BCUT2D eigenvalue weighted by Gasteiger charge is 2.26. The standard InChI is InChI=1S/C15H22N2O5S/c1-21-11-15(18)16-13-10-12(6-7-14(13)22-2)23(19,20)17-8-4-3-5-9-17/h6-7,10H,3-5,8-9,11H2,1-2H3,(H,16,18). The smallest absolute Gasteiger partial charge is 0.250 e. The van der Waals surface area contributed by atoms with E-state index in [1.54, 1.807) is 6.07 Å². The Morgan fingerprint density at radius 1 is 1.22 bits per heavy atom. The Kier molecular flexibility index (Phi) is 5.97. The highest BCUT2D eigenvalue weighted by atomic mass is 32.2. The summed E-state index contributed by atoms with van der Waals surface area (Å²) in [7, 11) is -0.693. The highest BCUT2D eigenvalue weighted by molar-refractivity contribution is 7.89. The molecule has 1 fully saturated rings. The van der Waals surface area contributed by atoms with Crippen molar-refractivity contribution >= 4 is 21.6 Å². The summed E-state index contributed by atoms with van der Waals surface area (Å²) in [6, 6.07) is 4.46. The topological polar surface area (TPSA) is 84.9 Å². The second-order valence-corrected chi connectivity index (χ2v) is 7.25. The number of rotatable bonds is 6. The fourth-order valence-corrected chi connectivity index (χ4v) is 4.06. The number of carbonyl (C=O) groups excluding carboxylic acids is 1. The van der Waals surface area contributed by atoms with Gasteiger partial charge < -0.3 is 14.8 Å². The maximum atomic E-state index is 12.7. The number of anilines is 1. The first kappa shape index (κ1) is 17.7. The van der Waals surface area contributed by atoms with Crippen molar-refractivity contribution in [1.29, 1.82) is 0 Å². The summed E-state index contributed by atoms with van der Waals surface area (Å²) >= 11 is 0. The molecule has 1 aromatic carbocycles. The van der Waals surface area contributed by atoms with Crippen LogP contribution in [0.5, 0.6) is 5.75 Å². The number of nitrogens with one attached hydrogen (secondary N) is 1. The zero-order chi connectivity index (χ0) is 16.9. The number of hydrogen-bond acceptors (Lipinski definition) is 5. The van der Waals surface area contributed by atoms with Crippen molar-refractivity contribution in [2.75, 3.05) is 39.2 Å². The van der Waals surface area contributed by atoms with Gasteiger partial charge in [-0.05, 0) is 31.0 Å². The normalized spacial score (nSPS) is 16.1. The molecule has 0 saturated carbocycles. The highest BCUT2D eigenvalue weighted by Crippen LogP contribution is 2.29. The lowest BCUT2D eigenvalue weighted by atomic mass is 10.2. The number of sulfonamides is 1. The third-order valence-electron chi connectivity index (χ3n) is 3.67. The molecule has 1 heterocycles. The molecule has 0 bridgehead atoms. The van der Waals surface area contributed by atoms with Gasteiger partial charge in [-0.25, -0.2) is 8.42 Å². The molecule has 1 aliphatic rings. The number of piperidine rings is 1. The van der Waals surface area contributed by atoms with Crippen LogP contribution in [-0.2, 0) is 19.6 Å². The third-order valence-corrected chi connectivity index (χ3v) is 5.57. The third kappa shape index (κ3) is 4.21. The van der Waals surface area contributed by atoms with Gasteiger partial charge in [0.2, 0.25) is 15.9 Å². The van der Waals surface area contributed by atoms with Gasteiger partial charge in [0.25, 0.3) is 0 Å². The number of nitrogens with zero attached hydrogens (tertiary/aromatic N) is 1. The lowest BCUT2D eigenvalue weighted by Crippen LogP contribution is -2.35. The van der Waals surface area contributed by atoms with Crippen molar-refractivity contribution in [3.63, 3.8) is 0 Å². The average molecular weight is 342 g/mol. The van der Waals surface area contributed by atoms with Gasteiger partial charge in [0, 0.05) is 20.2 Å². The number of carbonyl (C=O) groups is 1. The van der Waals surface area contributed by atoms with Crippen LogP contribution in [0.1, 0.15) is 19.3 Å². The van der Waals surface area contributed by atoms with Gasteiger partial charge in [-0.3, -0.25) is 4.79 Å². The van der Waals surface area contributed by atoms with Crippen LogP contribution in [0.4, 0.5) is 5.69 Å². The lowest BCUT2D eigenvalue weighted by Gasteiger charge is -2.26. The van der Waals surface area contributed by atoms with E-state index in [1.165, 1.54) is 30.7 Å². The van der Waals surface area contributed by atoms with Crippen LogP contribution in [0.3, 0.4) is 0 Å². The summed E-state index contributed by atoms with van der Waals surface area (Å²) in [5.74, 6) is 0.0189. The molecule has 1 saturated heterocycles. The molecule has 0 atom stereocenters. The van der Waals surface area contributed by atoms with E-state index in [0.717, 1.165) is 19.3 Å². The fourth-order valence-electron chi connectivity index (χ4n) is 2.52. The summed E-state index contributed by atoms with van der Waals surface area (Å²) in [6.07, 6.45) is 2.78. The van der Waals surface area contributed by atoms with Gasteiger partial charge in [0.15, 0.2) is 0 Å². The lowest BCUT2D eigenvalue weighted by molar-refractivity contribution is -0.119. The van der Waals surface area contributed by atoms with Crippen LogP contribution in [-0.4, -0.2) is 52.5 Å². The molecule has 7 nitrogen and oxygen atoms in total. The number of methoxy groups -OCH3 is 2. The molecule has 1 aliphatic heterocycles. The Hall–Kier alpha value is -1.64. The Balaban J connectivity index is 2.30. The second kappa shape index (κ2) is 7.76. The van der Waals surface area contributed by atoms with Crippen LogP contribution in [0, 0.1) is 0 Å². The molecule has 1 N–H and O–H groups in total. The number of amides is 1. The summed E-state index contributed by atoms with van der Waals surface area (Å²) in [5, 5.41) is 2.61. The molecule has 2 rings (SSSR count). The Morgan fingerprint density at radius 2 is 1.91 bits per heavy atom. The second-order valence-electron chi connectivity index (χ2n) is 5.31. The van der Waals surface area contributed by atoms with Crippen molar-refractivity contribution in [3.05, 3.63) is 18.2 Å². The maximum absolute atomic E-state index is 12.7. The van der Waals surface area contributed by atoms with Crippen molar-refractivity contribution < 1.29 is 22.7 Å². The summed E-state index contributed by atoms with van der Waals surface area (Å²) in [6.45, 7) is 0.936. The van der Waals surface area contributed by atoms with E-state index in [-0.39, 0.29) is 17.4 Å². The molecule has 23 heavy (non-hydrogen) atoms. The summed E-state index contributed by atoms with van der Waals surface area (Å²) in [4.78, 5) is 11.8. The van der Waals surface area contributed by atoms with Gasteiger partial charge >= 0.3 is 0 Å². The van der Waals surface area contributed by atoms with Crippen molar-refractivity contribution in [2.45, 2.75) is 24.2 Å². The van der Waals surface area contributed by atoms with Crippen LogP contribution in [0.25, 0.3) is 0 Å². The van der Waals surface area contributed by atoms with Crippen molar-refractivity contribution in [2.24, 2.45) is 0 Å². The van der Waals surface area contributed by atoms with Gasteiger partial charge in [-0.1, -0.05) is 6.42 Å². The van der Waals surface area contributed by atoms with E-state index in [2.05, 4.69) is 5.32 Å². The van der Waals surface area contributed by atoms with Crippen LogP contribution >= 0.6 is 0 Å². The predicted octanol–water partition coefficient (Wildman–Crippen LogP) is 1.45. The molecule has 1 amide bonds. The zero-order valence-electron chi connectivity index (χ0n) is 13.4. The Bertz CT molecular complexity index is 654. The van der Waals surface area contributed by atoms with E-state index in [4.69, 9.17) is 9.47 Å². The minimum Gasteiger partial charge on any atom is -0.495 e. The van der Waals surface area contributed by atoms with Gasteiger partial charge in [-0.2, -0.15) is 4.31 Å². The molecule has 128 valence electrons. The van der Waals surface area contributed by atoms with Gasteiger partial charge in [-0.15, -0.1) is 0 Å². The first-order chi connectivity index (χ1) is 11.0. The Morgan fingerprint density at radius 3 is 2.52 bits per heavy atom. The number of benzene rings is 1. The van der Waals surface area contributed by atoms with E-state index in [9.17, 15) is 13.2 Å². The largest absolute Gasteiger partial charge is 0.495 e. The predicted molar refractivity (Wildman–Crippen MR) is 86.1 cm³/mol. The maximum Gasteiger partial charge on any atom is 0.250 e.